The second-order valence-corrected chi connectivity index (χ2v) is 8.21. The van der Waals surface area contributed by atoms with Crippen molar-refractivity contribution in [3.8, 4) is 17.4 Å². The molecule has 0 radical (unpaired) electrons. The van der Waals surface area contributed by atoms with Gasteiger partial charge in [0.1, 0.15) is 23.2 Å². The molecule has 6 heteroatoms. The number of benzene rings is 1. The molecule has 1 aliphatic carbocycles. The SMILES string of the molecule is CC1=C(C#N)C(=O)N(C2CCCC2)C(=O)/C1=C/c1ccc(-c2ccc(Br)cc2)o1. The number of furan rings is 1. The van der Waals surface area contributed by atoms with E-state index in [0.717, 1.165) is 35.7 Å². The average Bonchev–Trinajstić information content (AvgIpc) is 3.39. The van der Waals surface area contributed by atoms with Gasteiger partial charge in [-0.3, -0.25) is 14.5 Å². The predicted octanol–water partition coefficient (Wildman–Crippen LogP) is 5.24. The number of carbonyl (C=O) groups excluding carboxylic acids is 2. The Balaban J connectivity index is 1.72. The van der Waals surface area contributed by atoms with E-state index >= 15 is 0 Å². The number of hydrogen-bond donors (Lipinski definition) is 0. The third-order valence-corrected chi connectivity index (χ3v) is 6.03. The lowest BCUT2D eigenvalue weighted by Gasteiger charge is -2.31. The summed E-state index contributed by atoms with van der Waals surface area (Å²) < 4.78 is 6.89. The lowest BCUT2D eigenvalue weighted by atomic mass is 9.93. The lowest BCUT2D eigenvalue weighted by Crippen LogP contribution is -2.47. The number of nitrogens with zero attached hydrogens (tertiary/aromatic N) is 2. The van der Waals surface area contributed by atoms with Gasteiger partial charge >= 0.3 is 0 Å². The molecular weight excluding hydrogens is 432 g/mol. The van der Waals surface area contributed by atoms with Crippen LogP contribution in [-0.2, 0) is 9.59 Å². The van der Waals surface area contributed by atoms with E-state index in [2.05, 4.69) is 15.9 Å². The number of rotatable bonds is 3. The number of carbonyl (C=O) groups is 2. The first-order valence-electron chi connectivity index (χ1n) is 9.56. The van der Waals surface area contributed by atoms with Crippen LogP contribution in [0.25, 0.3) is 17.4 Å². The van der Waals surface area contributed by atoms with Crippen LogP contribution in [0, 0.1) is 11.3 Å². The quantitative estimate of drug-likeness (QED) is 0.472. The molecule has 1 aromatic heterocycles. The highest BCUT2D eigenvalue weighted by Crippen LogP contribution is 2.33. The van der Waals surface area contributed by atoms with Crippen molar-refractivity contribution >= 4 is 33.8 Å². The lowest BCUT2D eigenvalue weighted by molar-refractivity contribution is -0.143. The zero-order valence-corrected chi connectivity index (χ0v) is 17.5. The van der Waals surface area contributed by atoms with Crippen LogP contribution in [0.3, 0.4) is 0 Å². The minimum Gasteiger partial charge on any atom is -0.457 e. The summed E-state index contributed by atoms with van der Waals surface area (Å²) in [5.41, 5.74) is 1.69. The molecule has 2 amide bonds. The Morgan fingerprint density at radius 1 is 1.10 bits per heavy atom. The van der Waals surface area contributed by atoms with E-state index in [1.807, 2.05) is 36.4 Å². The summed E-state index contributed by atoms with van der Waals surface area (Å²) in [4.78, 5) is 27.2. The molecule has 146 valence electrons. The van der Waals surface area contributed by atoms with Gasteiger partial charge in [-0.1, -0.05) is 40.9 Å². The molecule has 0 unspecified atom stereocenters. The fraction of sp³-hybridized carbons (Fsp3) is 0.261. The summed E-state index contributed by atoms with van der Waals surface area (Å²) in [5.74, 6) is 0.358. The van der Waals surface area contributed by atoms with Gasteiger partial charge in [0.2, 0.25) is 0 Å². The van der Waals surface area contributed by atoms with Gasteiger partial charge in [-0.25, -0.2) is 0 Å². The van der Waals surface area contributed by atoms with E-state index in [1.165, 1.54) is 4.90 Å². The molecule has 1 fully saturated rings. The zero-order chi connectivity index (χ0) is 20.5. The molecule has 29 heavy (non-hydrogen) atoms. The van der Waals surface area contributed by atoms with Gasteiger partial charge in [0, 0.05) is 21.7 Å². The van der Waals surface area contributed by atoms with Crippen molar-refractivity contribution in [2.24, 2.45) is 0 Å². The third kappa shape index (κ3) is 3.58. The van der Waals surface area contributed by atoms with Crippen molar-refractivity contribution in [1.29, 1.82) is 5.26 Å². The molecule has 0 spiro atoms. The van der Waals surface area contributed by atoms with Crippen LogP contribution in [0.15, 0.2) is 62.0 Å². The molecular formula is C23H19BrN2O3. The highest BCUT2D eigenvalue weighted by atomic mass is 79.9. The minimum absolute atomic E-state index is 0.0300. The Bertz CT molecular complexity index is 1080. The zero-order valence-electron chi connectivity index (χ0n) is 15.9. The maximum absolute atomic E-state index is 13.2. The van der Waals surface area contributed by atoms with Crippen LogP contribution in [0.2, 0.25) is 0 Å². The molecule has 0 N–H and O–H groups in total. The Hall–Kier alpha value is -2.91. The summed E-state index contributed by atoms with van der Waals surface area (Å²) in [6.45, 7) is 1.64. The van der Waals surface area contributed by atoms with Crippen molar-refractivity contribution in [3.63, 3.8) is 0 Å². The summed E-state index contributed by atoms with van der Waals surface area (Å²) in [7, 11) is 0. The first-order valence-corrected chi connectivity index (χ1v) is 10.4. The Kier molecular flexibility index (Phi) is 5.25. The van der Waals surface area contributed by atoms with Crippen LogP contribution >= 0.6 is 15.9 Å². The van der Waals surface area contributed by atoms with E-state index in [1.54, 1.807) is 19.1 Å². The Morgan fingerprint density at radius 2 is 1.79 bits per heavy atom. The molecule has 1 aromatic carbocycles. The molecule has 1 aliphatic heterocycles. The normalized spacial score (nSPS) is 19.3. The molecule has 0 atom stereocenters. The second kappa shape index (κ2) is 7.84. The summed E-state index contributed by atoms with van der Waals surface area (Å²) in [6.07, 6.45) is 5.18. The van der Waals surface area contributed by atoms with Crippen LogP contribution < -0.4 is 0 Å². The van der Waals surface area contributed by atoms with Gasteiger partial charge in [-0.05, 0) is 55.7 Å². The number of imide groups is 1. The predicted molar refractivity (Wildman–Crippen MR) is 112 cm³/mol. The molecule has 2 heterocycles. The Morgan fingerprint density at radius 3 is 2.45 bits per heavy atom. The maximum atomic E-state index is 13.2. The fourth-order valence-corrected chi connectivity index (χ4v) is 4.20. The van der Waals surface area contributed by atoms with Gasteiger partial charge < -0.3 is 4.42 Å². The third-order valence-electron chi connectivity index (χ3n) is 5.50. The topological polar surface area (TPSA) is 74.3 Å². The average molecular weight is 451 g/mol. The molecule has 4 rings (SSSR count). The standard InChI is InChI=1S/C23H19BrN2O3/c1-14-19(12-18-10-11-21(29-18)15-6-8-16(24)9-7-15)22(27)26(17-4-2-3-5-17)23(28)20(14)13-25/h6-12,17H,2-5H2,1H3/b19-12+. The molecule has 5 nitrogen and oxygen atoms in total. The summed E-state index contributed by atoms with van der Waals surface area (Å²) in [5, 5.41) is 9.52. The van der Waals surface area contributed by atoms with Gasteiger partial charge in [0.25, 0.3) is 11.8 Å². The number of halogens is 1. The summed E-state index contributed by atoms with van der Waals surface area (Å²) >= 11 is 3.41. The van der Waals surface area contributed by atoms with Crippen molar-refractivity contribution in [1.82, 2.24) is 4.90 Å². The second-order valence-electron chi connectivity index (χ2n) is 7.30. The van der Waals surface area contributed by atoms with Gasteiger partial charge in [0.15, 0.2) is 0 Å². The van der Waals surface area contributed by atoms with Crippen molar-refractivity contribution in [2.75, 3.05) is 0 Å². The van der Waals surface area contributed by atoms with E-state index in [-0.39, 0.29) is 17.5 Å². The van der Waals surface area contributed by atoms with Gasteiger partial charge in [-0.15, -0.1) is 0 Å². The Labute approximate surface area is 177 Å². The van der Waals surface area contributed by atoms with Crippen molar-refractivity contribution < 1.29 is 14.0 Å². The van der Waals surface area contributed by atoms with Crippen LogP contribution in [-0.4, -0.2) is 22.8 Å². The van der Waals surface area contributed by atoms with E-state index in [4.69, 9.17) is 4.42 Å². The number of nitriles is 1. The monoisotopic (exact) mass is 450 g/mol. The molecule has 2 aliphatic rings. The van der Waals surface area contributed by atoms with Gasteiger partial charge in [0.05, 0.1) is 0 Å². The highest BCUT2D eigenvalue weighted by Gasteiger charge is 2.40. The van der Waals surface area contributed by atoms with Crippen LogP contribution in [0.1, 0.15) is 38.4 Å². The van der Waals surface area contributed by atoms with E-state index in [9.17, 15) is 14.9 Å². The first kappa shape index (κ1) is 19.4. The highest BCUT2D eigenvalue weighted by molar-refractivity contribution is 9.10. The molecule has 1 saturated carbocycles. The van der Waals surface area contributed by atoms with Crippen LogP contribution in [0.4, 0.5) is 0 Å². The smallest absolute Gasteiger partial charge is 0.271 e. The van der Waals surface area contributed by atoms with Crippen LogP contribution in [0.5, 0.6) is 0 Å². The van der Waals surface area contributed by atoms with Crippen molar-refractivity contribution in [2.45, 2.75) is 38.6 Å². The fourth-order valence-electron chi connectivity index (χ4n) is 3.94. The first-order chi connectivity index (χ1) is 14.0. The van der Waals surface area contributed by atoms with E-state index < -0.39 is 5.91 Å². The molecule has 0 saturated heterocycles. The molecule has 0 bridgehead atoms. The largest absolute Gasteiger partial charge is 0.457 e. The van der Waals surface area contributed by atoms with Gasteiger partial charge in [-0.2, -0.15) is 5.26 Å². The number of hydrogen-bond acceptors (Lipinski definition) is 4. The summed E-state index contributed by atoms with van der Waals surface area (Å²) in [6, 6.07) is 13.2. The van der Waals surface area contributed by atoms with Crippen molar-refractivity contribution in [3.05, 3.63) is 63.4 Å². The molecule has 2 aromatic rings. The van der Waals surface area contributed by atoms with E-state index in [0.29, 0.717) is 22.7 Å². The number of amides is 2. The maximum Gasteiger partial charge on any atom is 0.271 e. The minimum atomic E-state index is -0.478.